The van der Waals surface area contributed by atoms with Crippen molar-refractivity contribution in [2.24, 2.45) is 5.92 Å². The van der Waals surface area contributed by atoms with E-state index in [4.69, 9.17) is 5.73 Å². The van der Waals surface area contributed by atoms with Crippen LogP contribution in [0, 0.1) is 5.92 Å². The van der Waals surface area contributed by atoms with Crippen molar-refractivity contribution in [3.8, 4) is 0 Å². The molecule has 1 aliphatic heterocycles. The topological polar surface area (TPSA) is 93.2 Å². The average Bonchev–Trinajstić information content (AvgIpc) is 2.88. The largest absolute Gasteiger partial charge is 0.396 e. The number of carbonyl (C=O) groups is 2. The number of aromatic nitrogens is 2. The molecule has 1 aromatic rings. The lowest BCUT2D eigenvalue weighted by Crippen LogP contribution is -2.43. The van der Waals surface area contributed by atoms with Crippen molar-refractivity contribution >= 4 is 17.5 Å². The number of nitrogens with zero attached hydrogens (tertiary/aromatic N) is 3. The quantitative estimate of drug-likeness (QED) is 0.844. The van der Waals surface area contributed by atoms with Gasteiger partial charge in [-0.3, -0.25) is 14.3 Å². The number of hydrogen-bond donors (Lipinski definition) is 2. The minimum Gasteiger partial charge on any atom is -0.396 e. The van der Waals surface area contributed by atoms with Crippen molar-refractivity contribution in [2.75, 3.05) is 25.4 Å². The van der Waals surface area contributed by atoms with Gasteiger partial charge in [-0.2, -0.15) is 5.10 Å². The molecule has 0 aliphatic carbocycles. The van der Waals surface area contributed by atoms with E-state index in [-0.39, 0.29) is 17.7 Å². The van der Waals surface area contributed by atoms with Gasteiger partial charge in [0.1, 0.15) is 0 Å². The summed E-state index contributed by atoms with van der Waals surface area (Å²) in [6.45, 7) is 6.31. The van der Waals surface area contributed by atoms with Gasteiger partial charge in [0.2, 0.25) is 5.91 Å². The van der Waals surface area contributed by atoms with Crippen LogP contribution in [0.2, 0.25) is 0 Å². The van der Waals surface area contributed by atoms with Gasteiger partial charge in [0, 0.05) is 38.3 Å². The first-order valence-corrected chi connectivity index (χ1v) is 7.46. The van der Waals surface area contributed by atoms with E-state index < -0.39 is 0 Å². The zero-order valence-corrected chi connectivity index (χ0v) is 12.6. The summed E-state index contributed by atoms with van der Waals surface area (Å²) in [5.74, 6) is -0.0621. The van der Waals surface area contributed by atoms with Crippen LogP contribution in [-0.2, 0) is 11.3 Å². The maximum atomic E-state index is 12.4. The molecule has 7 heteroatoms. The summed E-state index contributed by atoms with van der Waals surface area (Å²) in [6, 6.07) is 0. The first-order valence-electron chi connectivity index (χ1n) is 7.46. The Balaban J connectivity index is 1.96. The van der Waals surface area contributed by atoms with E-state index in [9.17, 15) is 9.59 Å². The number of hydrogen-bond acceptors (Lipinski definition) is 4. The molecule has 3 N–H and O–H groups in total. The van der Waals surface area contributed by atoms with E-state index in [0.717, 1.165) is 0 Å². The first-order chi connectivity index (χ1) is 10.1. The third-order valence-corrected chi connectivity index (χ3v) is 3.82. The van der Waals surface area contributed by atoms with Crippen LogP contribution in [0.4, 0.5) is 5.69 Å². The molecule has 2 rings (SSSR count). The minimum absolute atomic E-state index is 0.000420. The first kappa shape index (κ1) is 15.3. The Hall–Kier alpha value is -2.05. The molecule has 0 atom stereocenters. The molecule has 0 radical (unpaired) electrons. The molecule has 1 aliphatic rings. The minimum atomic E-state index is -0.144. The molecule has 1 aromatic heterocycles. The summed E-state index contributed by atoms with van der Waals surface area (Å²) in [7, 11) is 0. The van der Waals surface area contributed by atoms with Crippen LogP contribution in [0.1, 0.15) is 37.2 Å². The molecule has 116 valence electrons. The normalized spacial score (nSPS) is 16.0. The van der Waals surface area contributed by atoms with E-state index in [1.807, 2.05) is 13.8 Å². The summed E-state index contributed by atoms with van der Waals surface area (Å²) in [5, 5.41) is 7.04. The molecule has 21 heavy (non-hydrogen) atoms. The third kappa shape index (κ3) is 3.34. The Morgan fingerprint density at radius 1 is 1.38 bits per heavy atom. The molecule has 1 fully saturated rings. The van der Waals surface area contributed by atoms with Crippen LogP contribution >= 0.6 is 0 Å². The van der Waals surface area contributed by atoms with Crippen LogP contribution in [-0.4, -0.2) is 46.1 Å². The Kier molecular flexibility index (Phi) is 4.82. The molecule has 7 nitrogen and oxygen atoms in total. The standard InChI is InChI=1S/C14H23N5O2/c1-3-16-13(20)10-5-7-18(8-6-10)14(21)12-11(15)9-19(4-2)17-12/h9-10H,3-8,15H2,1-2H3,(H,16,20). The fourth-order valence-corrected chi connectivity index (χ4v) is 2.58. The highest BCUT2D eigenvalue weighted by Gasteiger charge is 2.29. The Morgan fingerprint density at radius 3 is 2.57 bits per heavy atom. The highest BCUT2D eigenvalue weighted by molar-refractivity contribution is 5.97. The van der Waals surface area contributed by atoms with Crippen LogP contribution in [0.15, 0.2) is 6.20 Å². The van der Waals surface area contributed by atoms with Gasteiger partial charge in [-0.25, -0.2) is 0 Å². The van der Waals surface area contributed by atoms with E-state index in [1.165, 1.54) is 0 Å². The number of carbonyl (C=O) groups excluding carboxylic acids is 2. The van der Waals surface area contributed by atoms with Crippen LogP contribution in [0.25, 0.3) is 0 Å². The molecule has 0 aromatic carbocycles. The van der Waals surface area contributed by atoms with Crippen LogP contribution in [0.5, 0.6) is 0 Å². The number of rotatable bonds is 4. The lowest BCUT2D eigenvalue weighted by molar-refractivity contribution is -0.126. The average molecular weight is 293 g/mol. The highest BCUT2D eigenvalue weighted by atomic mass is 16.2. The smallest absolute Gasteiger partial charge is 0.276 e. The molecular formula is C14H23N5O2. The van der Waals surface area contributed by atoms with Gasteiger partial charge in [-0.1, -0.05) is 0 Å². The summed E-state index contributed by atoms with van der Waals surface area (Å²) in [5.41, 5.74) is 6.57. The number of nitrogen functional groups attached to an aromatic ring is 1. The second-order valence-electron chi connectivity index (χ2n) is 5.25. The lowest BCUT2D eigenvalue weighted by atomic mass is 9.95. The molecule has 0 saturated carbocycles. The van der Waals surface area contributed by atoms with E-state index in [1.54, 1.807) is 15.8 Å². The molecule has 0 bridgehead atoms. The maximum absolute atomic E-state index is 12.4. The summed E-state index contributed by atoms with van der Waals surface area (Å²) >= 11 is 0. The molecular weight excluding hydrogens is 270 g/mol. The van der Waals surface area contributed by atoms with Crippen molar-refractivity contribution in [1.29, 1.82) is 0 Å². The third-order valence-electron chi connectivity index (χ3n) is 3.82. The van der Waals surface area contributed by atoms with Gasteiger partial charge in [-0.05, 0) is 26.7 Å². The van der Waals surface area contributed by atoms with Crippen LogP contribution < -0.4 is 11.1 Å². The van der Waals surface area contributed by atoms with E-state index >= 15 is 0 Å². The van der Waals surface area contributed by atoms with Crippen molar-refractivity contribution in [3.05, 3.63) is 11.9 Å². The molecule has 2 heterocycles. The number of anilines is 1. The number of amides is 2. The van der Waals surface area contributed by atoms with Crippen molar-refractivity contribution in [2.45, 2.75) is 33.2 Å². The van der Waals surface area contributed by atoms with Gasteiger partial charge < -0.3 is 16.0 Å². The Morgan fingerprint density at radius 2 is 2.05 bits per heavy atom. The van der Waals surface area contributed by atoms with Gasteiger partial charge in [0.25, 0.3) is 5.91 Å². The number of likely N-dealkylation sites (tertiary alicyclic amines) is 1. The van der Waals surface area contributed by atoms with Crippen molar-refractivity contribution in [1.82, 2.24) is 20.0 Å². The number of nitrogens with one attached hydrogen (secondary N) is 1. The van der Waals surface area contributed by atoms with Crippen molar-refractivity contribution < 1.29 is 9.59 Å². The molecule has 0 unspecified atom stereocenters. The number of aryl methyl sites for hydroxylation is 1. The van der Waals surface area contributed by atoms with Gasteiger partial charge in [0.05, 0.1) is 5.69 Å². The second kappa shape index (κ2) is 6.60. The zero-order valence-electron chi connectivity index (χ0n) is 12.6. The monoisotopic (exact) mass is 293 g/mol. The molecule has 1 saturated heterocycles. The highest BCUT2D eigenvalue weighted by Crippen LogP contribution is 2.20. The molecule has 2 amide bonds. The maximum Gasteiger partial charge on any atom is 0.276 e. The Labute approximate surface area is 124 Å². The zero-order chi connectivity index (χ0) is 15.4. The summed E-state index contributed by atoms with van der Waals surface area (Å²) < 4.78 is 1.66. The van der Waals surface area contributed by atoms with Gasteiger partial charge in [-0.15, -0.1) is 0 Å². The fourth-order valence-electron chi connectivity index (χ4n) is 2.58. The predicted octanol–water partition coefficient (Wildman–Crippen LogP) is 0.474. The summed E-state index contributed by atoms with van der Waals surface area (Å²) in [6.07, 6.45) is 3.05. The second-order valence-corrected chi connectivity index (χ2v) is 5.25. The lowest BCUT2D eigenvalue weighted by Gasteiger charge is -2.30. The SMILES string of the molecule is CCNC(=O)C1CCN(C(=O)c2nn(CC)cc2N)CC1. The van der Waals surface area contributed by atoms with Gasteiger partial charge >= 0.3 is 0 Å². The van der Waals surface area contributed by atoms with Crippen LogP contribution in [0.3, 0.4) is 0 Å². The fraction of sp³-hybridized carbons (Fsp3) is 0.643. The van der Waals surface area contributed by atoms with Gasteiger partial charge in [0.15, 0.2) is 5.69 Å². The molecule has 0 spiro atoms. The number of piperidine rings is 1. The van der Waals surface area contributed by atoms with Crippen molar-refractivity contribution in [3.63, 3.8) is 0 Å². The van der Waals surface area contributed by atoms with E-state index in [0.29, 0.717) is 50.4 Å². The van der Waals surface area contributed by atoms with E-state index in [2.05, 4.69) is 10.4 Å². The summed E-state index contributed by atoms with van der Waals surface area (Å²) in [4.78, 5) is 25.9. The predicted molar refractivity (Wildman–Crippen MR) is 79.6 cm³/mol. The number of nitrogens with two attached hydrogens (primary N) is 1. The Bertz CT molecular complexity index is 517.